The zero-order valence-corrected chi connectivity index (χ0v) is 22.6. The Hall–Kier alpha value is -2.75. The number of hydrogen-bond acceptors (Lipinski definition) is 7. The third-order valence-corrected chi connectivity index (χ3v) is 6.92. The molecule has 7 nitrogen and oxygen atoms in total. The predicted molar refractivity (Wildman–Crippen MR) is 135 cm³/mol. The number of ether oxygens (including phenoxy) is 1. The molecule has 0 unspecified atom stereocenters. The van der Waals surface area contributed by atoms with Crippen LogP contribution in [-0.4, -0.2) is 28.2 Å². The number of benzene rings is 2. The Morgan fingerprint density at radius 2 is 1.38 bits per heavy atom. The number of hydrogen-bond donors (Lipinski definition) is 1. The van der Waals surface area contributed by atoms with Gasteiger partial charge >= 0.3 is 5.97 Å². The van der Waals surface area contributed by atoms with Crippen LogP contribution < -0.4 is 0 Å². The van der Waals surface area contributed by atoms with Gasteiger partial charge in [0.05, 0.1) is 18.5 Å². The molecule has 0 amide bonds. The van der Waals surface area contributed by atoms with Crippen molar-refractivity contribution in [1.29, 1.82) is 0 Å². The van der Waals surface area contributed by atoms with Gasteiger partial charge in [0.15, 0.2) is 5.76 Å². The maximum atomic E-state index is 11.5. The smallest absolute Gasteiger partial charge is 0.375 e. The molecule has 178 valence electrons. The Kier molecular flexibility index (Phi) is 8.46. The first-order valence-corrected chi connectivity index (χ1v) is 11.9. The van der Waals surface area contributed by atoms with Crippen molar-refractivity contribution < 1.29 is 23.5 Å². The fourth-order valence-electron chi connectivity index (χ4n) is 3.16. The van der Waals surface area contributed by atoms with Crippen LogP contribution in [0.1, 0.15) is 38.8 Å². The van der Waals surface area contributed by atoms with E-state index < -0.39 is 5.97 Å². The highest BCUT2D eigenvalue weighted by Gasteiger charge is 2.20. The first kappa shape index (κ1) is 25.9. The van der Waals surface area contributed by atoms with Crippen molar-refractivity contribution in [2.75, 3.05) is 7.11 Å². The molecule has 0 aliphatic carbocycles. The van der Waals surface area contributed by atoms with Gasteiger partial charge in [-0.25, -0.2) is 14.8 Å². The SMILES string of the molecule is COC(=O)c1oc(-c2cccc(Br)c2C)nc1C.Cc1nc(-c2cccc(Br)c2C)oc1CO. The topological polar surface area (TPSA) is 98.6 Å². The van der Waals surface area contributed by atoms with E-state index in [9.17, 15) is 4.79 Å². The van der Waals surface area contributed by atoms with Crippen molar-refractivity contribution in [3.63, 3.8) is 0 Å². The number of carbonyl (C=O) groups excluding carboxylic acids is 1. The molecule has 0 atom stereocenters. The number of aliphatic hydroxyl groups excluding tert-OH is 1. The number of rotatable bonds is 4. The van der Waals surface area contributed by atoms with Crippen molar-refractivity contribution in [3.8, 4) is 22.9 Å². The minimum absolute atomic E-state index is 0.119. The van der Waals surface area contributed by atoms with Crippen LogP contribution >= 0.6 is 31.9 Å². The molecule has 9 heteroatoms. The summed E-state index contributed by atoms with van der Waals surface area (Å²) in [6.45, 7) is 7.37. The Balaban J connectivity index is 0.000000192. The van der Waals surface area contributed by atoms with Gasteiger partial charge in [-0.3, -0.25) is 0 Å². The van der Waals surface area contributed by atoms with Crippen LogP contribution in [-0.2, 0) is 11.3 Å². The van der Waals surface area contributed by atoms with Crippen LogP contribution in [0.4, 0.5) is 0 Å². The summed E-state index contributed by atoms with van der Waals surface area (Å²) in [7, 11) is 1.31. The van der Waals surface area contributed by atoms with Gasteiger partial charge in [0, 0.05) is 20.1 Å². The largest absolute Gasteiger partial charge is 0.463 e. The summed E-state index contributed by atoms with van der Waals surface area (Å²) in [5.74, 6) is 1.13. The Morgan fingerprint density at radius 1 is 0.882 bits per heavy atom. The average Bonchev–Trinajstić information content (AvgIpc) is 3.39. The van der Waals surface area contributed by atoms with Crippen LogP contribution in [0, 0.1) is 27.7 Å². The van der Waals surface area contributed by atoms with Gasteiger partial charge in [0.1, 0.15) is 6.61 Å². The van der Waals surface area contributed by atoms with Crippen molar-refractivity contribution in [1.82, 2.24) is 9.97 Å². The Morgan fingerprint density at radius 3 is 1.85 bits per heavy atom. The highest BCUT2D eigenvalue weighted by atomic mass is 79.9. The second kappa shape index (κ2) is 11.1. The van der Waals surface area contributed by atoms with E-state index in [1.165, 1.54) is 7.11 Å². The maximum Gasteiger partial charge on any atom is 0.375 e. The molecule has 0 spiro atoms. The molecule has 2 aromatic carbocycles. The lowest BCUT2D eigenvalue weighted by Gasteiger charge is -2.02. The third kappa shape index (κ3) is 5.48. The summed E-state index contributed by atoms with van der Waals surface area (Å²) in [6.07, 6.45) is 0. The molecule has 0 radical (unpaired) electrons. The highest BCUT2D eigenvalue weighted by Crippen LogP contribution is 2.30. The number of methoxy groups -OCH3 is 1. The lowest BCUT2D eigenvalue weighted by molar-refractivity contribution is 0.0565. The van der Waals surface area contributed by atoms with Crippen molar-refractivity contribution in [3.05, 3.63) is 79.4 Å². The van der Waals surface area contributed by atoms with Crippen molar-refractivity contribution >= 4 is 37.8 Å². The van der Waals surface area contributed by atoms with Gasteiger partial charge in [-0.05, 0) is 63.1 Å². The number of esters is 1. The summed E-state index contributed by atoms with van der Waals surface area (Å²) in [5, 5.41) is 9.06. The molecule has 1 N–H and O–H groups in total. The fourth-order valence-corrected chi connectivity index (χ4v) is 3.89. The number of halogens is 2. The van der Waals surface area contributed by atoms with Crippen LogP contribution in [0.3, 0.4) is 0 Å². The van der Waals surface area contributed by atoms with E-state index in [4.69, 9.17) is 13.9 Å². The lowest BCUT2D eigenvalue weighted by atomic mass is 10.1. The zero-order chi connectivity index (χ0) is 25.0. The molecule has 2 heterocycles. The van der Waals surface area contributed by atoms with Crippen LogP contribution in [0.15, 0.2) is 54.2 Å². The monoisotopic (exact) mass is 590 g/mol. The van der Waals surface area contributed by atoms with Gasteiger partial charge in [0.2, 0.25) is 17.5 Å². The first-order chi connectivity index (χ1) is 16.2. The van der Waals surface area contributed by atoms with Crippen LogP contribution in [0.5, 0.6) is 0 Å². The summed E-state index contributed by atoms with van der Waals surface area (Å²) in [5.41, 5.74) is 5.14. The minimum Gasteiger partial charge on any atom is -0.463 e. The quantitative estimate of drug-likeness (QED) is 0.263. The predicted octanol–water partition coefficient (Wildman–Crippen LogP) is 6.72. The molecular formula is C25H24Br2N2O5. The normalized spacial score (nSPS) is 10.6. The van der Waals surface area contributed by atoms with Crippen LogP contribution in [0.25, 0.3) is 22.9 Å². The number of aromatic nitrogens is 2. The molecule has 0 bridgehead atoms. The highest BCUT2D eigenvalue weighted by molar-refractivity contribution is 9.10. The molecule has 0 saturated heterocycles. The molecule has 2 aromatic heterocycles. The average molecular weight is 592 g/mol. The van der Waals surface area contributed by atoms with Gasteiger partial charge in [-0.2, -0.15) is 0 Å². The second-order valence-electron chi connectivity index (χ2n) is 7.44. The number of aryl methyl sites for hydroxylation is 2. The molecule has 0 aliphatic heterocycles. The second-order valence-corrected chi connectivity index (χ2v) is 9.14. The van der Waals surface area contributed by atoms with Gasteiger partial charge in [-0.1, -0.05) is 44.0 Å². The molecular weight excluding hydrogens is 568 g/mol. The molecule has 4 rings (SSSR count). The van der Waals surface area contributed by atoms with Crippen LogP contribution in [0.2, 0.25) is 0 Å². The standard InChI is InChI=1S/C13H12BrNO3.C12H12BrNO2/c1-7-9(5-4-6-10(7)14)12-15-8(2)11(18-12)13(16)17-3;1-7-9(4-3-5-10(7)13)12-14-8(2)11(6-15)16-12/h4-6H,1-3H3;3-5,15H,6H2,1-2H3. The number of nitrogens with zero attached hydrogens (tertiary/aromatic N) is 2. The summed E-state index contributed by atoms with van der Waals surface area (Å²) < 4.78 is 17.6. The summed E-state index contributed by atoms with van der Waals surface area (Å²) >= 11 is 6.92. The van der Waals surface area contributed by atoms with E-state index in [1.54, 1.807) is 6.92 Å². The first-order valence-electron chi connectivity index (χ1n) is 10.3. The Labute approximate surface area is 214 Å². The molecule has 0 aliphatic rings. The molecule has 0 saturated carbocycles. The number of oxazole rings is 2. The maximum absolute atomic E-state index is 11.5. The summed E-state index contributed by atoms with van der Waals surface area (Å²) in [4.78, 5) is 20.0. The third-order valence-electron chi connectivity index (χ3n) is 5.20. The van der Waals surface area contributed by atoms with E-state index in [-0.39, 0.29) is 12.4 Å². The number of carbonyl (C=O) groups is 1. The minimum atomic E-state index is -0.515. The Bertz CT molecular complexity index is 1330. The fraction of sp³-hybridized carbons (Fsp3) is 0.240. The van der Waals surface area contributed by atoms with E-state index in [0.29, 0.717) is 23.2 Å². The molecule has 4 aromatic rings. The van der Waals surface area contributed by atoms with Gasteiger partial charge < -0.3 is 18.7 Å². The zero-order valence-electron chi connectivity index (χ0n) is 19.4. The van der Waals surface area contributed by atoms with E-state index in [1.807, 2.05) is 57.2 Å². The molecule has 0 fully saturated rings. The van der Waals surface area contributed by atoms with E-state index >= 15 is 0 Å². The van der Waals surface area contributed by atoms with E-state index in [2.05, 4.69) is 46.6 Å². The van der Waals surface area contributed by atoms with Crippen molar-refractivity contribution in [2.45, 2.75) is 34.3 Å². The van der Waals surface area contributed by atoms with Gasteiger partial charge in [-0.15, -0.1) is 0 Å². The molecule has 34 heavy (non-hydrogen) atoms. The summed E-state index contributed by atoms with van der Waals surface area (Å²) in [6, 6.07) is 11.6. The van der Waals surface area contributed by atoms with Crippen molar-refractivity contribution in [2.24, 2.45) is 0 Å². The van der Waals surface area contributed by atoms with E-state index in [0.717, 1.165) is 36.9 Å². The lowest BCUT2D eigenvalue weighted by Crippen LogP contribution is -2.00. The number of aliphatic hydroxyl groups is 1. The van der Waals surface area contributed by atoms with Gasteiger partial charge in [0.25, 0.3) is 0 Å².